The minimum Gasteiger partial charge on any atom is -0.478 e. The summed E-state index contributed by atoms with van der Waals surface area (Å²) in [6.45, 7) is 0.551. The van der Waals surface area contributed by atoms with E-state index in [-0.39, 0.29) is 18.0 Å². The van der Waals surface area contributed by atoms with E-state index in [9.17, 15) is 4.79 Å². The lowest BCUT2D eigenvalue weighted by Gasteiger charge is -1.99. The van der Waals surface area contributed by atoms with Crippen LogP contribution in [0.1, 0.15) is 21.5 Å². The third-order valence-corrected chi connectivity index (χ3v) is 3.53. The number of rotatable bonds is 4. The summed E-state index contributed by atoms with van der Waals surface area (Å²) in [7, 11) is 0. The van der Waals surface area contributed by atoms with Crippen LogP contribution in [0.25, 0.3) is 0 Å². The first kappa shape index (κ1) is 19.8. The van der Waals surface area contributed by atoms with Gasteiger partial charge < -0.3 is 5.11 Å². The maximum absolute atomic E-state index is 10.6. The zero-order chi connectivity index (χ0) is 16.5. The quantitative estimate of drug-likeness (QED) is 0.665. The molecule has 0 aliphatic heterocycles. The molecule has 0 spiro atoms. The Balaban J connectivity index is 0.000000273. The Morgan fingerprint density at radius 2 is 1.58 bits per heavy atom. The van der Waals surface area contributed by atoms with Gasteiger partial charge in [0.2, 0.25) is 0 Å². The smallest absolute Gasteiger partial charge is 0.338 e. The summed E-state index contributed by atoms with van der Waals surface area (Å²) in [6.07, 6.45) is 9.80. The highest BCUT2D eigenvalue weighted by molar-refractivity contribution is 9.08. The molecule has 0 amide bonds. The number of carboxylic acids is 1. The van der Waals surface area contributed by atoms with Crippen LogP contribution in [0.4, 0.5) is 0 Å². The number of pyridine rings is 2. The molecule has 0 fully saturated rings. The molecular weight excluding hydrogens is 396 g/mol. The number of carboxylic acid groups (broad SMARTS) is 1. The molecule has 8 heteroatoms. The summed E-state index contributed by atoms with van der Waals surface area (Å²) in [4.78, 5) is 18.4. The Labute approximate surface area is 154 Å². The predicted molar refractivity (Wildman–Crippen MR) is 96.6 cm³/mol. The monoisotopic (exact) mass is 410 g/mol. The molecule has 24 heavy (non-hydrogen) atoms. The van der Waals surface area contributed by atoms with E-state index in [2.05, 4.69) is 31.0 Å². The fraction of sp³-hybridized carbons (Fsp3) is 0.125. The molecule has 3 aromatic rings. The summed E-state index contributed by atoms with van der Waals surface area (Å²) in [5, 5.41) is 13.6. The van der Waals surface area contributed by atoms with Crippen molar-refractivity contribution >= 4 is 34.3 Å². The number of alkyl halides is 1. The van der Waals surface area contributed by atoms with Crippen molar-refractivity contribution in [3.8, 4) is 0 Å². The van der Waals surface area contributed by atoms with Gasteiger partial charge in [-0.2, -0.15) is 5.10 Å². The molecule has 3 rings (SSSR count). The number of aromatic nitrogens is 4. The molecule has 3 heterocycles. The Bertz CT molecular complexity index is 738. The van der Waals surface area contributed by atoms with Gasteiger partial charge in [-0.05, 0) is 35.4 Å². The summed E-state index contributed by atoms with van der Waals surface area (Å²) in [6, 6.07) is 7.69. The summed E-state index contributed by atoms with van der Waals surface area (Å²) >= 11 is 3.33. The molecule has 3 aromatic heterocycles. The standard InChI is InChI=1S/C10H9N3O2.C6H6BrN.ClH/c14-10(15)9-5-12-13(7-9)6-8-1-3-11-4-2-8;7-5-6-1-3-8-4-2-6;/h1-5,7H,6H2,(H,14,15);1-4H,5H2;1H. The average Bonchev–Trinajstić information content (AvgIpc) is 3.06. The molecule has 0 aliphatic rings. The lowest BCUT2D eigenvalue weighted by Crippen LogP contribution is -2.00. The molecule has 126 valence electrons. The van der Waals surface area contributed by atoms with Gasteiger partial charge in [0.15, 0.2) is 0 Å². The normalized spacial score (nSPS) is 9.38. The second kappa shape index (κ2) is 10.5. The zero-order valence-corrected chi connectivity index (χ0v) is 15.0. The minimum atomic E-state index is -0.962. The van der Waals surface area contributed by atoms with Gasteiger partial charge in [-0.15, -0.1) is 12.4 Å². The molecule has 1 N–H and O–H groups in total. The number of nitrogens with zero attached hydrogens (tertiary/aromatic N) is 4. The van der Waals surface area contributed by atoms with Crippen molar-refractivity contribution in [2.75, 3.05) is 0 Å². The zero-order valence-electron chi connectivity index (χ0n) is 12.6. The van der Waals surface area contributed by atoms with Crippen molar-refractivity contribution in [2.45, 2.75) is 11.9 Å². The van der Waals surface area contributed by atoms with Crippen LogP contribution in [-0.2, 0) is 11.9 Å². The second-order valence-electron chi connectivity index (χ2n) is 4.58. The van der Waals surface area contributed by atoms with Crippen LogP contribution in [-0.4, -0.2) is 30.8 Å². The van der Waals surface area contributed by atoms with Crippen molar-refractivity contribution in [3.05, 3.63) is 78.1 Å². The summed E-state index contributed by atoms with van der Waals surface area (Å²) < 4.78 is 1.58. The van der Waals surface area contributed by atoms with Gasteiger partial charge in [-0.1, -0.05) is 15.9 Å². The van der Waals surface area contributed by atoms with E-state index in [1.54, 1.807) is 29.5 Å². The molecule has 0 saturated heterocycles. The average molecular weight is 412 g/mol. The SMILES string of the molecule is BrCc1ccncc1.Cl.O=C(O)c1cnn(Cc2ccncc2)c1. The van der Waals surface area contributed by atoms with Crippen LogP contribution in [0.2, 0.25) is 0 Å². The first-order valence-electron chi connectivity index (χ1n) is 6.78. The number of aromatic carboxylic acids is 1. The highest BCUT2D eigenvalue weighted by Crippen LogP contribution is 2.03. The van der Waals surface area contributed by atoms with Crippen LogP contribution in [0, 0.1) is 0 Å². The maximum Gasteiger partial charge on any atom is 0.338 e. The molecule has 0 atom stereocenters. The highest BCUT2D eigenvalue weighted by Gasteiger charge is 2.05. The van der Waals surface area contributed by atoms with Crippen molar-refractivity contribution in [1.82, 2.24) is 19.7 Å². The number of carbonyl (C=O) groups is 1. The van der Waals surface area contributed by atoms with Gasteiger partial charge in [0.1, 0.15) is 0 Å². The van der Waals surface area contributed by atoms with Gasteiger partial charge in [0, 0.05) is 36.3 Å². The van der Waals surface area contributed by atoms with Crippen molar-refractivity contribution in [1.29, 1.82) is 0 Å². The summed E-state index contributed by atoms with van der Waals surface area (Å²) in [5.74, 6) is -0.962. The Morgan fingerprint density at radius 3 is 2.00 bits per heavy atom. The molecular formula is C16H16BrClN4O2. The van der Waals surface area contributed by atoms with Crippen molar-refractivity contribution in [2.24, 2.45) is 0 Å². The van der Waals surface area contributed by atoms with Crippen LogP contribution in [0.5, 0.6) is 0 Å². The van der Waals surface area contributed by atoms with Crippen LogP contribution < -0.4 is 0 Å². The van der Waals surface area contributed by atoms with E-state index in [0.29, 0.717) is 6.54 Å². The lowest BCUT2D eigenvalue weighted by atomic mass is 10.3. The highest BCUT2D eigenvalue weighted by atomic mass is 79.9. The van der Waals surface area contributed by atoms with E-state index in [4.69, 9.17) is 5.11 Å². The van der Waals surface area contributed by atoms with E-state index in [0.717, 1.165) is 10.9 Å². The van der Waals surface area contributed by atoms with Crippen LogP contribution in [0.3, 0.4) is 0 Å². The topological polar surface area (TPSA) is 80.9 Å². The van der Waals surface area contributed by atoms with Gasteiger partial charge >= 0.3 is 5.97 Å². The van der Waals surface area contributed by atoms with Crippen molar-refractivity contribution < 1.29 is 9.90 Å². The largest absolute Gasteiger partial charge is 0.478 e. The van der Waals surface area contributed by atoms with E-state index in [1.807, 2.05) is 24.3 Å². The van der Waals surface area contributed by atoms with E-state index in [1.165, 1.54) is 18.0 Å². The first-order valence-corrected chi connectivity index (χ1v) is 7.90. The number of hydrogen-bond donors (Lipinski definition) is 1. The number of hydrogen-bond acceptors (Lipinski definition) is 4. The second-order valence-corrected chi connectivity index (χ2v) is 5.14. The van der Waals surface area contributed by atoms with Crippen LogP contribution >= 0.6 is 28.3 Å². The molecule has 6 nitrogen and oxygen atoms in total. The molecule has 0 aliphatic carbocycles. The molecule has 0 bridgehead atoms. The molecule has 0 unspecified atom stereocenters. The Kier molecular flexibility index (Phi) is 8.67. The third kappa shape index (κ3) is 6.47. The van der Waals surface area contributed by atoms with Gasteiger partial charge in [-0.25, -0.2) is 4.79 Å². The van der Waals surface area contributed by atoms with Gasteiger partial charge in [0.05, 0.1) is 18.3 Å². The Hall–Kier alpha value is -2.25. The van der Waals surface area contributed by atoms with Crippen LogP contribution in [0.15, 0.2) is 61.4 Å². The molecule has 0 radical (unpaired) electrons. The Morgan fingerprint density at radius 1 is 1.04 bits per heavy atom. The van der Waals surface area contributed by atoms with Gasteiger partial charge in [0.25, 0.3) is 0 Å². The minimum absolute atomic E-state index is 0. The molecule has 0 saturated carbocycles. The van der Waals surface area contributed by atoms with E-state index < -0.39 is 5.97 Å². The lowest BCUT2D eigenvalue weighted by molar-refractivity contribution is 0.0697. The summed E-state index contributed by atoms with van der Waals surface area (Å²) in [5.41, 5.74) is 2.49. The fourth-order valence-electron chi connectivity index (χ4n) is 1.71. The predicted octanol–water partition coefficient (Wildman–Crippen LogP) is 3.42. The van der Waals surface area contributed by atoms with Crippen molar-refractivity contribution in [3.63, 3.8) is 0 Å². The van der Waals surface area contributed by atoms with E-state index >= 15 is 0 Å². The maximum atomic E-state index is 10.6. The first-order chi connectivity index (χ1) is 11.2. The van der Waals surface area contributed by atoms with Gasteiger partial charge in [-0.3, -0.25) is 14.6 Å². The fourth-order valence-corrected chi connectivity index (χ4v) is 2.08. The molecule has 0 aromatic carbocycles. The number of halogens is 2. The third-order valence-electron chi connectivity index (χ3n) is 2.88.